The van der Waals surface area contributed by atoms with Gasteiger partial charge in [-0.3, -0.25) is 9.59 Å². The first-order valence-electron chi connectivity index (χ1n) is 10.0. The highest BCUT2D eigenvalue weighted by Gasteiger charge is 2.51. The maximum atomic E-state index is 13.1. The molecule has 7 nitrogen and oxygen atoms in total. The zero-order chi connectivity index (χ0) is 22.7. The third kappa shape index (κ3) is 4.53. The van der Waals surface area contributed by atoms with Crippen molar-refractivity contribution >= 4 is 35.1 Å². The van der Waals surface area contributed by atoms with Gasteiger partial charge >= 0.3 is 5.97 Å². The topological polar surface area (TPSA) is 97.6 Å². The van der Waals surface area contributed by atoms with E-state index in [0.717, 1.165) is 18.4 Å². The van der Waals surface area contributed by atoms with Crippen LogP contribution in [0.3, 0.4) is 0 Å². The Labute approximate surface area is 189 Å². The summed E-state index contributed by atoms with van der Waals surface area (Å²) in [5.74, 6) is -0.907. The van der Waals surface area contributed by atoms with E-state index >= 15 is 0 Å². The van der Waals surface area contributed by atoms with Crippen LogP contribution in [0.15, 0.2) is 65.3 Å². The molecule has 2 N–H and O–H groups in total. The number of hydrogen-bond donors (Lipinski definition) is 2. The second-order valence-corrected chi connectivity index (χ2v) is 8.05. The van der Waals surface area contributed by atoms with Crippen molar-refractivity contribution < 1.29 is 23.5 Å². The Morgan fingerprint density at radius 1 is 1.09 bits per heavy atom. The molecule has 0 atom stereocenters. The van der Waals surface area contributed by atoms with Crippen molar-refractivity contribution in [2.75, 3.05) is 12.4 Å². The van der Waals surface area contributed by atoms with E-state index in [1.54, 1.807) is 42.5 Å². The zero-order valence-electron chi connectivity index (χ0n) is 17.3. The monoisotopic (exact) mass is 452 g/mol. The fourth-order valence-corrected chi connectivity index (χ4v) is 3.70. The molecule has 1 heterocycles. The minimum atomic E-state index is -0.612. The van der Waals surface area contributed by atoms with Gasteiger partial charge < -0.3 is 19.8 Å². The van der Waals surface area contributed by atoms with Crippen LogP contribution >= 0.6 is 11.6 Å². The number of hydrogen-bond acceptors (Lipinski definition) is 5. The van der Waals surface area contributed by atoms with Gasteiger partial charge in [-0.15, -0.1) is 0 Å². The first kappa shape index (κ1) is 21.6. The molecule has 3 aromatic rings. The number of methoxy groups -OCH3 is 1. The summed E-state index contributed by atoms with van der Waals surface area (Å²) in [6.07, 6.45) is 2.86. The molecule has 0 spiro atoms. The number of furan rings is 1. The highest BCUT2D eigenvalue weighted by molar-refractivity contribution is 6.30. The molecule has 2 amide bonds. The van der Waals surface area contributed by atoms with Crippen LogP contribution in [0.2, 0.25) is 5.02 Å². The lowest BCUT2D eigenvalue weighted by atomic mass is 9.95. The molecule has 0 bridgehead atoms. The first-order valence-corrected chi connectivity index (χ1v) is 10.4. The molecule has 8 heteroatoms. The maximum Gasteiger partial charge on any atom is 0.337 e. The zero-order valence-corrected chi connectivity index (χ0v) is 18.1. The molecule has 1 aromatic heterocycles. The molecular weight excluding hydrogens is 432 g/mol. The molecule has 0 saturated heterocycles. The van der Waals surface area contributed by atoms with Crippen molar-refractivity contribution in [1.29, 1.82) is 0 Å². The van der Waals surface area contributed by atoms with Gasteiger partial charge in [0.1, 0.15) is 0 Å². The summed E-state index contributed by atoms with van der Waals surface area (Å²) in [6.45, 7) is 0.134. The summed E-state index contributed by atoms with van der Waals surface area (Å²) < 4.78 is 9.91. The standard InChI is InChI=1S/C24H21ClN2O5/c1-31-22(29)16-11-15(14-26-21(28)20-3-2-10-32-20)12-19(13-16)27-23(30)24(8-9-24)17-4-6-18(25)7-5-17/h2-7,10-13H,8-9,14H2,1H3,(H,26,28)(H,27,30). The fraction of sp³-hybridized carbons (Fsp3) is 0.208. The van der Waals surface area contributed by atoms with E-state index in [1.165, 1.54) is 13.4 Å². The summed E-state index contributed by atoms with van der Waals surface area (Å²) in [7, 11) is 1.28. The van der Waals surface area contributed by atoms with Crippen molar-refractivity contribution in [2.24, 2.45) is 0 Å². The Kier molecular flexibility index (Phi) is 6.01. The molecular formula is C24H21ClN2O5. The fourth-order valence-electron chi connectivity index (χ4n) is 3.57. The van der Waals surface area contributed by atoms with Crippen LogP contribution in [0.1, 0.15) is 44.9 Å². The number of ether oxygens (including phenoxy) is 1. The average molecular weight is 453 g/mol. The number of rotatable bonds is 7. The summed E-state index contributed by atoms with van der Waals surface area (Å²) in [4.78, 5) is 37.4. The Morgan fingerprint density at radius 3 is 2.47 bits per heavy atom. The lowest BCUT2D eigenvalue weighted by Crippen LogP contribution is -2.28. The van der Waals surface area contributed by atoms with E-state index in [1.807, 2.05) is 12.1 Å². The van der Waals surface area contributed by atoms with Gasteiger partial charge in [0, 0.05) is 17.3 Å². The first-order chi connectivity index (χ1) is 15.4. The molecule has 1 saturated carbocycles. The average Bonchev–Trinajstić information content (AvgIpc) is 3.43. The molecule has 1 aliphatic rings. The molecule has 1 fully saturated rings. The maximum absolute atomic E-state index is 13.1. The van der Waals surface area contributed by atoms with Gasteiger partial charge in [0.25, 0.3) is 5.91 Å². The Hall–Kier alpha value is -3.58. The molecule has 0 aliphatic heterocycles. The number of anilines is 1. The van der Waals surface area contributed by atoms with Gasteiger partial charge in [-0.2, -0.15) is 0 Å². The normalized spacial score (nSPS) is 13.8. The van der Waals surface area contributed by atoms with Crippen molar-refractivity contribution in [3.8, 4) is 0 Å². The number of amides is 2. The second kappa shape index (κ2) is 8.88. The van der Waals surface area contributed by atoms with Crippen LogP contribution in [0.5, 0.6) is 0 Å². The molecule has 2 aromatic carbocycles. The van der Waals surface area contributed by atoms with Crippen LogP contribution in [0, 0.1) is 0 Å². The Balaban J connectivity index is 1.54. The van der Waals surface area contributed by atoms with E-state index in [-0.39, 0.29) is 29.7 Å². The van der Waals surface area contributed by atoms with Gasteiger partial charge in [-0.05, 0) is 66.4 Å². The minimum Gasteiger partial charge on any atom is -0.465 e. The van der Waals surface area contributed by atoms with Gasteiger partial charge in [0.2, 0.25) is 5.91 Å². The number of carbonyl (C=O) groups is 3. The van der Waals surface area contributed by atoms with Crippen molar-refractivity contribution in [3.05, 3.63) is 88.3 Å². The van der Waals surface area contributed by atoms with E-state index in [2.05, 4.69) is 10.6 Å². The third-order valence-corrected chi connectivity index (χ3v) is 5.70. The van der Waals surface area contributed by atoms with Crippen LogP contribution < -0.4 is 10.6 Å². The Bertz CT molecular complexity index is 1150. The Morgan fingerprint density at radius 2 is 1.84 bits per heavy atom. The molecule has 1 aliphatic carbocycles. The van der Waals surface area contributed by atoms with E-state index in [0.29, 0.717) is 16.3 Å². The van der Waals surface area contributed by atoms with Crippen LogP contribution in [0.25, 0.3) is 0 Å². The summed E-state index contributed by atoms with van der Waals surface area (Å²) in [5.41, 5.74) is 1.62. The highest BCUT2D eigenvalue weighted by Crippen LogP contribution is 2.49. The van der Waals surface area contributed by atoms with E-state index in [9.17, 15) is 14.4 Å². The second-order valence-electron chi connectivity index (χ2n) is 7.61. The number of halogens is 1. The third-order valence-electron chi connectivity index (χ3n) is 5.45. The lowest BCUT2D eigenvalue weighted by molar-refractivity contribution is -0.118. The molecule has 0 unspecified atom stereocenters. The number of nitrogens with one attached hydrogen (secondary N) is 2. The number of esters is 1. The number of carbonyl (C=O) groups excluding carboxylic acids is 3. The van der Waals surface area contributed by atoms with Gasteiger partial charge in [-0.1, -0.05) is 23.7 Å². The van der Waals surface area contributed by atoms with Crippen LogP contribution in [-0.4, -0.2) is 24.9 Å². The van der Waals surface area contributed by atoms with Crippen LogP contribution in [-0.2, 0) is 21.5 Å². The van der Waals surface area contributed by atoms with E-state index < -0.39 is 11.4 Å². The van der Waals surface area contributed by atoms with Gasteiger partial charge in [-0.25, -0.2) is 4.79 Å². The highest BCUT2D eigenvalue weighted by atomic mass is 35.5. The van der Waals surface area contributed by atoms with Crippen molar-refractivity contribution in [1.82, 2.24) is 5.32 Å². The summed E-state index contributed by atoms with van der Waals surface area (Å²) in [6, 6.07) is 15.3. The molecule has 32 heavy (non-hydrogen) atoms. The smallest absolute Gasteiger partial charge is 0.337 e. The van der Waals surface area contributed by atoms with Crippen LogP contribution in [0.4, 0.5) is 5.69 Å². The minimum absolute atomic E-state index is 0.134. The predicted molar refractivity (Wildman–Crippen MR) is 119 cm³/mol. The largest absolute Gasteiger partial charge is 0.465 e. The molecule has 4 rings (SSSR count). The quantitative estimate of drug-likeness (QED) is 0.520. The van der Waals surface area contributed by atoms with E-state index in [4.69, 9.17) is 20.8 Å². The summed E-state index contributed by atoms with van der Waals surface area (Å²) >= 11 is 5.97. The molecule has 164 valence electrons. The van der Waals surface area contributed by atoms with Crippen molar-refractivity contribution in [2.45, 2.75) is 24.8 Å². The number of benzene rings is 2. The lowest BCUT2D eigenvalue weighted by Gasteiger charge is -2.17. The van der Waals surface area contributed by atoms with Crippen molar-refractivity contribution in [3.63, 3.8) is 0 Å². The summed E-state index contributed by atoms with van der Waals surface area (Å²) in [5, 5.41) is 6.26. The van der Waals surface area contributed by atoms with Gasteiger partial charge in [0.15, 0.2) is 5.76 Å². The predicted octanol–water partition coefficient (Wildman–Crippen LogP) is 4.32. The molecule has 0 radical (unpaired) electrons. The SMILES string of the molecule is COC(=O)c1cc(CNC(=O)c2ccco2)cc(NC(=O)C2(c3ccc(Cl)cc3)CC2)c1. The van der Waals surface area contributed by atoms with Gasteiger partial charge in [0.05, 0.1) is 24.4 Å².